The number of aryl methyl sites for hydroxylation is 2. The van der Waals surface area contributed by atoms with Crippen LogP contribution in [-0.2, 0) is 13.0 Å². The van der Waals surface area contributed by atoms with Gasteiger partial charge in [-0.3, -0.25) is 14.9 Å². The smallest absolute Gasteiger partial charge is 0.269 e. The number of carbonyl (C=O) groups is 1. The quantitative estimate of drug-likeness (QED) is 0.493. The molecule has 5 rings (SSSR count). The van der Waals surface area contributed by atoms with Crippen molar-refractivity contribution in [2.75, 3.05) is 6.54 Å². The van der Waals surface area contributed by atoms with Crippen molar-refractivity contribution in [1.29, 1.82) is 0 Å². The molecule has 1 amide bonds. The molecule has 28 heavy (non-hydrogen) atoms. The maximum Gasteiger partial charge on any atom is 0.269 e. The van der Waals surface area contributed by atoms with Crippen LogP contribution in [0.25, 0.3) is 10.9 Å². The van der Waals surface area contributed by atoms with Crippen LogP contribution in [-0.4, -0.2) is 26.8 Å². The van der Waals surface area contributed by atoms with E-state index < -0.39 is 4.92 Å². The molecule has 1 aliphatic heterocycles. The van der Waals surface area contributed by atoms with Gasteiger partial charge < -0.3 is 9.47 Å². The van der Waals surface area contributed by atoms with Gasteiger partial charge in [-0.1, -0.05) is 11.6 Å². The molecule has 0 N–H and O–H groups in total. The molecule has 142 valence electrons. The molecule has 0 saturated carbocycles. The minimum Gasteiger partial charge on any atom is -0.341 e. The van der Waals surface area contributed by atoms with Crippen molar-refractivity contribution in [2.24, 2.45) is 0 Å². The minimum atomic E-state index is -0.441. The number of fused-ring (bicyclic) bond motifs is 3. The van der Waals surface area contributed by atoms with Gasteiger partial charge in [-0.2, -0.15) is 0 Å². The lowest BCUT2D eigenvalue weighted by Crippen LogP contribution is -2.43. The van der Waals surface area contributed by atoms with E-state index in [1.165, 1.54) is 39.9 Å². The maximum absolute atomic E-state index is 13.2. The third-order valence-corrected chi connectivity index (χ3v) is 6.11. The number of hydrogen-bond acceptors (Lipinski definition) is 3. The molecule has 2 heterocycles. The van der Waals surface area contributed by atoms with Crippen molar-refractivity contribution >= 4 is 22.5 Å². The average Bonchev–Trinajstić information content (AvgIpc) is 3.03. The van der Waals surface area contributed by atoms with E-state index in [0.29, 0.717) is 12.1 Å². The van der Waals surface area contributed by atoms with Crippen LogP contribution in [0.5, 0.6) is 0 Å². The summed E-state index contributed by atoms with van der Waals surface area (Å²) in [5, 5.41) is 12.2. The Hall–Kier alpha value is -3.15. The molecule has 6 heteroatoms. The lowest BCUT2D eigenvalue weighted by molar-refractivity contribution is -0.384. The first-order valence-electron chi connectivity index (χ1n) is 9.71. The Morgan fingerprint density at radius 2 is 1.93 bits per heavy atom. The van der Waals surface area contributed by atoms with Gasteiger partial charge in [0.15, 0.2) is 0 Å². The zero-order valence-electron chi connectivity index (χ0n) is 15.7. The van der Waals surface area contributed by atoms with Crippen molar-refractivity contribution in [3.63, 3.8) is 0 Å². The highest BCUT2D eigenvalue weighted by Crippen LogP contribution is 2.43. The van der Waals surface area contributed by atoms with Crippen LogP contribution in [0.1, 0.15) is 46.1 Å². The summed E-state index contributed by atoms with van der Waals surface area (Å²) in [4.78, 5) is 25.6. The van der Waals surface area contributed by atoms with E-state index in [0.717, 1.165) is 25.8 Å². The van der Waals surface area contributed by atoms with Crippen molar-refractivity contribution in [2.45, 2.75) is 38.8 Å². The van der Waals surface area contributed by atoms with Gasteiger partial charge in [0.1, 0.15) is 0 Å². The Balaban J connectivity index is 1.55. The number of hydrogen-bond donors (Lipinski definition) is 0. The number of nitrogens with zero attached hydrogens (tertiary/aromatic N) is 3. The second-order valence-electron chi connectivity index (χ2n) is 7.75. The molecule has 6 nitrogen and oxygen atoms in total. The number of non-ortho nitro benzene ring substituents is 1. The Kier molecular flexibility index (Phi) is 3.75. The molecule has 1 atom stereocenters. The van der Waals surface area contributed by atoms with Crippen molar-refractivity contribution in [1.82, 2.24) is 9.47 Å². The molecule has 0 fully saturated rings. The molecule has 2 aromatic carbocycles. The zero-order chi connectivity index (χ0) is 19.4. The predicted molar refractivity (Wildman–Crippen MR) is 106 cm³/mol. The molecule has 0 unspecified atom stereocenters. The van der Waals surface area contributed by atoms with E-state index in [1.807, 2.05) is 4.90 Å². The molecule has 0 spiro atoms. The van der Waals surface area contributed by atoms with Crippen molar-refractivity contribution in [3.05, 3.63) is 75.0 Å². The van der Waals surface area contributed by atoms with Gasteiger partial charge in [-0.15, -0.1) is 0 Å². The van der Waals surface area contributed by atoms with Crippen LogP contribution >= 0.6 is 0 Å². The summed E-state index contributed by atoms with van der Waals surface area (Å²) in [7, 11) is 0. The fourth-order valence-corrected chi connectivity index (χ4v) is 4.85. The third-order valence-electron chi connectivity index (χ3n) is 6.11. The maximum atomic E-state index is 13.2. The molecule has 1 aliphatic carbocycles. The van der Waals surface area contributed by atoms with Gasteiger partial charge in [-0.25, -0.2) is 0 Å². The van der Waals surface area contributed by atoms with Crippen LogP contribution in [0.2, 0.25) is 0 Å². The molecular weight excluding hydrogens is 354 g/mol. The Bertz CT molecular complexity index is 1110. The predicted octanol–water partition coefficient (Wildman–Crippen LogP) is 4.39. The molecule has 1 aromatic heterocycles. The molecule has 3 aromatic rings. The minimum absolute atomic E-state index is 0.00522. The van der Waals surface area contributed by atoms with E-state index in [9.17, 15) is 14.9 Å². The number of benzene rings is 2. The summed E-state index contributed by atoms with van der Waals surface area (Å²) < 4.78 is 2.40. The van der Waals surface area contributed by atoms with Crippen LogP contribution in [0.3, 0.4) is 0 Å². The van der Waals surface area contributed by atoms with Crippen molar-refractivity contribution < 1.29 is 9.72 Å². The molecular formula is C22H21N3O3. The van der Waals surface area contributed by atoms with Crippen LogP contribution in [0.4, 0.5) is 5.69 Å². The highest BCUT2D eigenvalue weighted by atomic mass is 16.6. The monoisotopic (exact) mass is 375 g/mol. The van der Waals surface area contributed by atoms with Crippen LogP contribution < -0.4 is 0 Å². The van der Waals surface area contributed by atoms with E-state index in [2.05, 4.69) is 29.7 Å². The fraction of sp³-hybridized carbons (Fsp3) is 0.318. The van der Waals surface area contributed by atoms with E-state index in [-0.39, 0.29) is 17.6 Å². The Morgan fingerprint density at radius 3 is 2.68 bits per heavy atom. The van der Waals surface area contributed by atoms with Gasteiger partial charge >= 0.3 is 0 Å². The summed E-state index contributed by atoms with van der Waals surface area (Å²) in [5.41, 5.74) is 5.71. The van der Waals surface area contributed by atoms with Gasteiger partial charge in [-0.05, 0) is 56.0 Å². The van der Waals surface area contributed by atoms with E-state index in [1.54, 1.807) is 12.1 Å². The SMILES string of the molecule is Cc1ccc2c(c1)c1c3n2CCN(C(=O)c2ccc([N+](=O)[O-])cc2)[C@H]3CCC1. The number of nitro benzene ring substituents is 1. The average molecular weight is 375 g/mol. The molecule has 0 bridgehead atoms. The summed E-state index contributed by atoms with van der Waals surface area (Å²) in [6, 6.07) is 12.6. The third kappa shape index (κ3) is 2.44. The van der Waals surface area contributed by atoms with Gasteiger partial charge in [0, 0.05) is 47.4 Å². The largest absolute Gasteiger partial charge is 0.341 e. The first kappa shape index (κ1) is 17.0. The van der Waals surface area contributed by atoms with Crippen LogP contribution in [0, 0.1) is 17.0 Å². The normalized spacial score (nSPS) is 18.2. The lowest BCUT2D eigenvalue weighted by atomic mass is 9.89. The first-order valence-corrected chi connectivity index (χ1v) is 9.71. The highest BCUT2D eigenvalue weighted by Gasteiger charge is 2.37. The molecule has 2 aliphatic rings. The Labute approximate surface area is 162 Å². The van der Waals surface area contributed by atoms with E-state index >= 15 is 0 Å². The summed E-state index contributed by atoms with van der Waals surface area (Å²) in [5.74, 6) is -0.0413. The summed E-state index contributed by atoms with van der Waals surface area (Å²) >= 11 is 0. The first-order chi connectivity index (χ1) is 13.5. The zero-order valence-corrected chi connectivity index (χ0v) is 15.7. The second kappa shape index (κ2) is 6.19. The topological polar surface area (TPSA) is 68.4 Å². The standard InChI is InChI=1S/C22H21N3O3/c1-14-5-10-19-18(13-14)17-3-2-4-20-21(17)23(19)11-12-24(20)22(26)15-6-8-16(9-7-15)25(27)28/h5-10,13,20H,2-4,11-12H2,1H3/t20-/m0/s1. The summed E-state index contributed by atoms with van der Waals surface area (Å²) in [6.07, 6.45) is 3.08. The number of carbonyl (C=O) groups excluding carboxylic acids is 1. The van der Waals surface area contributed by atoms with Gasteiger partial charge in [0.25, 0.3) is 11.6 Å². The fourth-order valence-electron chi connectivity index (χ4n) is 4.85. The van der Waals surface area contributed by atoms with Gasteiger partial charge in [0.2, 0.25) is 0 Å². The van der Waals surface area contributed by atoms with Crippen molar-refractivity contribution in [3.8, 4) is 0 Å². The Morgan fingerprint density at radius 1 is 1.14 bits per heavy atom. The number of nitro groups is 1. The molecule has 0 radical (unpaired) electrons. The summed E-state index contributed by atoms with van der Waals surface area (Å²) in [6.45, 7) is 3.56. The van der Waals surface area contributed by atoms with E-state index in [4.69, 9.17) is 0 Å². The van der Waals surface area contributed by atoms with Crippen LogP contribution in [0.15, 0.2) is 42.5 Å². The number of aromatic nitrogens is 1. The van der Waals surface area contributed by atoms with Gasteiger partial charge in [0.05, 0.1) is 11.0 Å². The molecule has 0 saturated heterocycles. The lowest BCUT2D eigenvalue weighted by Gasteiger charge is -2.40. The highest BCUT2D eigenvalue weighted by molar-refractivity contribution is 5.95. The second-order valence-corrected chi connectivity index (χ2v) is 7.75. The number of amides is 1. The number of rotatable bonds is 2.